The maximum Gasteiger partial charge on any atom is 0.193 e. The second-order valence-electron chi connectivity index (χ2n) is 5.20. The van der Waals surface area contributed by atoms with Crippen LogP contribution in [0.2, 0.25) is 0 Å². The Morgan fingerprint density at radius 2 is 2.24 bits per heavy atom. The summed E-state index contributed by atoms with van der Waals surface area (Å²) in [5, 5.41) is 6.20. The van der Waals surface area contributed by atoms with E-state index >= 15 is 0 Å². The number of aryl methyl sites for hydroxylation is 1. The lowest BCUT2D eigenvalue weighted by Gasteiger charge is -2.06. The summed E-state index contributed by atoms with van der Waals surface area (Å²) in [6.07, 6.45) is 1.00. The van der Waals surface area contributed by atoms with Gasteiger partial charge >= 0.3 is 0 Å². The summed E-state index contributed by atoms with van der Waals surface area (Å²) in [5.41, 5.74) is 9.29. The number of rotatable bonds is 5. The van der Waals surface area contributed by atoms with E-state index in [-0.39, 0.29) is 0 Å². The molecule has 1 aromatic carbocycles. The molecule has 0 radical (unpaired) electrons. The van der Waals surface area contributed by atoms with E-state index in [2.05, 4.69) is 53.6 Å². The fourth-order valence-corrected chi connectivity index (χ4v) is 2.75. The van der Waals surface area contributed by atoms with Gasteiger partial charge in [0.1, 0.15) is 5.01 Å². The first kappa shape index (κ1) is 15.5. The molecule has 0 aliphatic heterocycles. The number of aromatic nitrogens is 1. The molecule has 0 unspecified atom stereocenters. The first-order valence-corrected chi connectivity index (χ1v) is 8.06. The number of benzene rings is 1. The Morgan fingerprint density at radius 3 is 2.90 bits per heavy atom. The normalized spacial score (nSPS) is 11.9. The van der Waals surface area contributed by atoms with Gasteiger partial charge in [-0.15, -0.1) is 11.3 Å². The van der Waals surface area contributed by atoms with Gasteiger partial charge in [-0.05, 0) is 30.0 Å². The standard InChI is InChI=1S/C16H22N4S/c1-4-12-6-5-7-13(8-12)19-16(17)18-9-15-20-14(10-21-15)11(2)3/h5-8,10-11H,4,9H2,1-3H3,(H3,17,18,19). The summed E-state index contributed by atoms with van der Waals surface area (Å²) in [6.45, 7) is 6.92. The first-order valence-electron chi connectivity index (χ1n) is 7.18. The van der Waals surface area contributed by atoms with E-state index in [1.807, 2.05) is 12.1 Å². The molecule has 3 N–H and O–H groups in total. The Balaban J connectivity index is 1.96. The van der Waals surface area contributed by atoms with Crippen molar-refractivity contribution in [3.8, 4) is 0 Å². The van der Waals surface area contributed by atoms with Crippen LogP contribution in [0, 0.1) is 0 Å². The number of hydrogen-bond donors (Lipinski definition) is 2. The summed E-state index contributed by atoms with van der Waals surface area (Å²) in [5.74, 6) is 0.871. The number of nitrogens with one attached hydrogen (secondary N) is 1. The summed E-state index contributed by atoms with van der Waals surface area (Å²) < 4.78 is 0. The van der Waals surface area contributed by atoms with E-state index in [4.69, 9.17) is 5.73 Å². The largest absolute Gasteiger partial charge is 0.370 e. The lowest BCUT2D eigenvalue weighted by molar-refractivity contribution is 0.821. The number of aliphatic imine (C=N–C) groups is 1. The van der Waals surface area contributed by atoms with Crippen molar-refractivity contribution in [2.45, 2.75) is 39.7 Å². The van der Waals surface area contributed by atoms with Crippen LogP contribution in [-0.4, -0.2) is 10.9 Å². The molecule has 1 heterocycles. The fourth-order valence-electron chi connectivity index (χ4n) is 1.87. The van der Waals surface area contributed by atoms with Gasteiger partial charge in [-0.3, -0.25) is 0 Å². The molecule has 5 heteroatoms. The highest BCUT2D eigenvalue weighted by Crippen LogP contribution is 2.18. The van der Waals surface area contributed by atoms with E-state index in [0.717, 1.165) is 22.8 Å². The summed E-state index contributed by atoms with van der Waals surface area (Å²) >= 11 is 1.63. The number of nitrogens with zero attached hydrogens (tertiary/aromatic N) is 2. The van der Waals surface area contributed by atoms with Gasteiger partial charge in [-0.1, -0.05) is 32.9 Å². The SMILES string of the molecule is CCc1cccc(NC(N)=NCc2nc(C(C)C)cs2)c1. The average Bonchev–Trinajstić information content (AvgIpc) is 2.94. The zero-order valence-corrected chi connectivity index (χ0v) is 13.6. The first-order chi connectivity index (χ1) is 10.1. The molecule has 0 bridgehead atoms. The number of guanidine groups is 1. The zero-order chi connectivity index (χ0) is 15.2. The maximum atomic E-state index is 5.93. The van der Waals surface area contributed by atoms with Crippen LogP contribution in [0.3, 0.4) is 0 Å². The Labute approximate surface area is 130 Å². The lowest BCUT2D eigenvalue weighted by Crippen LogP contribution is -2.22. The van der Waals surface area contributed by atoms with Gasteiger partial charge in [0.15, 0.2) is 5.96 Å². The summed E-state index contributed by atoms with van der Waals surface area (Å²) in [7, 11) is 0. The third-order valence-corrected chi connectivity index (χ3v) is 4.01. The number of nitrogens with two attached hydrogens (primary N) is 1. The van der Waals surface area contributed by atoms with Crippen molar-refractivity contribution in [3.63, 3.8) is 0 Å². The molecule has 0 saturated heterocycles. The van der Waals surface area contributed by atoms with Crippen molar-refractivity contribution in [2.75, 3.05) is 5.32 Å². The van der Waals surface area contributed by atoms with E-state index in [9.17, 15) is 0 Å². The van der Waals surface area contributed by atoms with Gasteiger partial charge in [0.05, 0.1) is 12.2 Å². The Hall–Kier alpha value is -1.88. The molecule has 2 rings (SSSR count). The Kier molecular flexibility index (Phi) is 5.33. The van der Waals surface area contributed by atoms with Crippen LogP contribution in [-0.2, 0) is 13.0 Å². The van der Waals surface area contributed by atoms with Crippen molar-refractivity contribution < 1.29 is 0 Å². The highest BCUT2D eigenvalue weighted by atomic mass is 32.1. The molecule has 0 amide bonds. The molecule has 21 heavy (non-hydrogen) atoms. The van der Waals surface area contributed by atoms with Gasteiger partial charge in [0, 0.05) is 11.1 Å². The van der Waals surface area contributed by atoms with Crippen LogP contribution in [0.25, 0.3) is 0 Å². The molecule has 4 nitrogen and oxygen atoms in total. The topological polar surface area (TPSA) is 63.3 Å². The van der Waals surface area contributed by atoms with Gasteiger partial charge in [-0.2, -0.15) is 0 Å². The number of thiazole rings is 1. The molecule has 0 fully saturated rings. The molecule has 0 aliphatic rings. The zero-order valence-electron chi connectivity index (χ0n) is 12.8. The van der Waals surface area contributed by atoms with Crippen LogP contribution in [0.15, 0.2) is 34.6 Å². The predicted octanol–water partition coefficient (Wildman–Crippen LogP) is 3.76. The van der Waals surface area contributed by atoms with Crippen LogP contribution in [0.1, 0.15) is 43.0 Å². The van der Waals surface area contributed by atoms with Crippen LogP contribution in [0.4, 0.5) is 5.69 Å². The predicted molar refractivity (Wildman–Crippen MR) is 91.0 cm³/mol. The molecule has 0 saturated carbocycles. The number of hydrogen-bond acceptors (Lipinski definition) is 3. The third-order valence-electron chi connectivity index (χ3n) is 3.15. The van der Waals surface area contributed by atoms with Crippen molar-refractivity contribution in [3.05, 3.63) is 45.9 Å². The average molecular weight is 302 g/mol. The quantitative estimate of drug-likeness (QED) is 0.653. The highest BCUT2D eigenvalue weighted by molar-refractivity contribution is 7.09. The van der Waals surface area contributed by atoms with Gasteiger partial charge in [0.2, 0.25) is 0 Å². The molecule has 0 aliphatic carbocycles. The summed E-state index contributed by atoms with van der Waals surface area (Å²) in [4.78, 5) is 8.89. The van der Waals surface area contributed by atoms with E-state index in [1.54, 1.807) is 11.3 Å². The fraction of sp³-hybridized carbons (Fsp3) is 0.375. The number of anilines is 1. The highest BCUT2D eigenvalue weighted by Gasteiger charge is 2.05. The lowest BCUT2D eigenvalue weighted by atomic mass is 10.1. The second kappa shape index (κ2) is 7.22. The van der Waals surface area contributed by atoms with Crippen molar-refractivity contribution in [2.24, 2.45) is 10.7 Å². The smallest absolute Gasteiger partial charge is 0.193 e. The second-order valence-corrected chi connectivity index (χ2v) is 6.14. The van der Waals surface area contributed by atoms with Crippen LogP contribution < -0.4 is 11.1 Å². The third kappa shape index (κ3) is 4.56. The van der Waals surface area contributed by atoms with Crippen LogP contribution >= 0.6 is 11.3 Å². The molecule has 2 aromatic rings. The monoisotopic (exact) mass is 302 g/mol. The maximum absolute atomic E-state index is 5.93. The van der Waals surface area contributed by atoms with Gasteiger partial charge in [0.25, 0.3) is 0 Å². The summed E-state index contributed by atoms with van der Waals surface area (Å²) in [6, 6.07) is 8.19. The van der Waals surface area contributed by atoms with Crippen molar-refractivity contribution in [1.82, 2.24) is 4.98 Å². The molecule has 0 spiro atoms. The van der Waals surface area contributed by atoms with Crippen molar-refractivity contribution in [1.29, 1.82) is 0 Å². The molecule has 112 valence electrons. The van der Waals surface area contributed by atoms with Crippen LogP contribution in [0.5, 0.6) is 0 Å². The Morgan fingerprint density at radius 1 is 1.43 bits per heavy atom. The van der Waals surface area contributed by atoms with Gasteiger partial charge in [-0.25, -0.2) is 9.98 Å². The molecule has 0 atom stereocenters. The molecule has 1 aromatic heterocycles. The van der Waals surface area contributed by atoms with Gasteiger partial charge < -0.3 is 11.1 Å². The van der Waals surface area contributed by atoms with Crippen molar-refractivity contribution >= 4 is 23.0 Å². The molecular formula is C16H22N4S. The Bertz CT molecular complexity index is 616. The molecular weight excluding hydrogens is 280 g/mol. The van der Waals surface area contributed by atoms with E-state index in [0.29, 0.717) is 18.4 Å². The van der Waals surface area contributed by atoms with E-state index in [1.165, 1.54) is 5.56 Å². The minimum Gasteiger partial charge on any atom is -0.370 e. The minimum absolute atomic E-state index is 0.421. The minimum atomic E-state index is 0.421. The van der Waals surface area contributed by atoms with E-state index < -0.39 is 0 Å².